The summed E-state index contributed by atoms with van der Waals surface area (Å²) in [5.74, 6) is -1.94. The molecule has 11 heteroatoms. The number of carbonyl (C=O) groups excluding carboxylic acids is 3. The van der Waals surface area contributed by atoms with E-state index in [1.165, 1.54) is 47.6 Å². The van der Waals surface area contributed by atoms with Crippen molar-refractivity contribution in [3.05, 3.63) is 88.8 Å². The van der Waals surface area contributed by atoms with Gasteiger partial charge in [0, 0.05) is 36.8 Å². The minimum absolute atomic E-state index is 0.111. The van der Waals surface area contributed by atoms with Gasteiger partial charge in [-0.15, -0.1) is 0 Å². The molecule has 2 heterocycles. The highest BCUT2D eigenvalue weighted by molar-refractivity contribution is 7.92. The van der Waals surface area contributed by atoms with Gasteiger partial charge in [0.05, 0.1) is 11.2 Å². The van der Waals surface area contributed by atoms with Gasteiger partial charge in [-0.1, -0.05) is 29.3 Å². The van der Waals surface area contributed by atoms with E-state index in [0.717, 1.165) is 5.56 Å². The Hall–Kier alpha value is -3.63. The number of halogens is 1. The van der Waals surface area contributed by atoms with Crippen LogP contribution in [0.4, 0.5) is 0 Å². The molecule has 1 aromatic heterocycles. The fraction of sp³-hybridized carbons (Fsp3) is 0.240. The van der Waals surface area contributed by atoms with Crippen LogP contribution in [0.1, 0.15) is 26.5 Å². The molecule has 4 rings (SSSR count). The molecule has 0 bridgehead atoms. The van der Waals surface area contributed by atoms with Gasteiger partial charge in [0.2, 0.25) is 15.2 Å². The van der Waals surface area contributed by atoms with Crippen molar-refractivity contribution in [2.45, 2.75) is 17.2 Å². The van der Waals surface area contributed by atoms with Gasteiger partial charge < -0.3 is 19.5 Å². The first-order valence-electron chi connectivity index (χ1n) is 11.2. The molecule has 0 spiro atoms. The molecule has 0 aliphatic carbocycles. The van der Waals surface area contributed by atoms with E-state index in [2.05, 4.69) is 5.32 Å². The molecule has 1 saturated heterocycles. The van der Waals surface area contributed by atoms with Gasteiger partial charge in [-0.25, -0.2) is 8.42 Å². The van der Waals surface area contributed by atoms with Gasteiger partial charge >= 0.3 is 0 Å². The minimum Gasteiger partial charge on any atom is -0.459 e. The van der Waals surface area contributed by atoms with Gasteiger partial charge in [0.15, 0.2) is 5.76 Å². The molecular weight excluding hydrogens is 506 g/mol. The average molecular weight is 530 g/mol. The van der Waals surface area contributed by atoms with Crippen molar-refractivity contribution in [3.8, 4) is 0 Å². The Bertz CT molecular complexity index is 1370. The topological polar surface area (TPSA) is 117 Å². The summed E-state index contributed by atoms with van der Waals surface area (Å²) in [7, 11) is -4.33. The van der Waals surface area contributed by atoms with E-state index in [0.29, 0.717) is 10.6 Å². The Kier molecular flexibility index (Phi) is 7.46. The third-order valence-electron chi connectivity index (χ3n) is 5.83. The summed E-state index contributed by atoms with van der Waals surface area (Å²) >= 11 is 5.89. The lowest BCUT2D eigenvalue weighted by Gasteiger charge is -2.36. The molecule has 0 radical (unpaired) electrons. The molecule has 188 valence electrons. The number of piperazine rings is 1. The van der Waals surface area contributed by atoms with Crippen LogP contribution in [0.5, 0.6) is 0 Å². The molecule has 0 saturated carbocycles. The molecule has 2 aromatic carbocycles. The number of aryl methyl sites for hydroxylation is 1. The van der Waals surface area contributed by atoms with E-state index in [1.54, 1.807) is 23.1 Å². The summed E-state index contributed by atoms with van der Waals surface area (Å²) in [5.41, 5.74) is 1.50. The first kappa shape index (κ1) is 25.5. The van der Waals surface area contributed by atoms with E-state index in [9.17, 15) is 22.8 Å². The Balaban J connectivity index is 1.53. The average Bonchev–Trinajstić information content (AvgIpc) is 3.42. The van der Waals surface area contributed by atoms with Crippen molar-refractivity contribution in [1.82, 2.24) is 15.1 Å². The normalized spacial score (nSPS) is 14.8. The summed E-state index contributed by atoms with van der Waals surface area (Å²) in [4.78, 5) is 41.7. The zero-order valence-corrected chi connectivity index (χ0v) is 21.0. The van der Waals surface area contributed by atoms with Gasteiger partial charge in [-0.05, 0) is 55.5 Å². The van der Waals surface area contributed by atoms with E-state index < -0.39 is 27.0 Å². The van der Waals surface area contributed by atoms with Crippen molar-refractivity contribution in [2.75, 3.05) is 26.2 Å². The molecule has 1 unspecified atom stereocenters. The fourth-order valence-electron chi connectivity index (χ4n) is 3.89. The van der Waals surface area contributed by atoms with Crippen LogP contribution in [0.15, 0.2) is 76.2 Å². The highest BCUT2D eigenvalue weighted by Crippen LogP contribution is 2.21. The van der Waals surface area contributed by atoms with Crippen molar-refractivity contribution < 1.29 is 27.2 Å². The Morgan fingerprint density at radius 1 is 0.944 bits per heavy atom. The Labute approximate surface area is 213 Å². The van der Waals surface area contributed by atoms with Gasteiger partial charge in [-0.2, -0.15) is 0 Å². The monoisotopic (exact) mass is 529 g/mol. The van der Waals surface area contributed by atoms with Crippen LogP contribution in [0.3, 0.4) is 0 Å². The minimum atomic E-state index is -4.33. The number of nitrogens with zero attached hydrogens (tertiary/aromatic N) is 2. The predicted molar refractivity (Wildman–Crippen MR) is 132 cm³/mol. The number of furan rings is 1. The van der Waals surface area contributed by atoms with Crippen LogP contribution in [-0.2, 0) is 14.6 Å². The first-order chi connectivity index (χ1) is 17.2. The molecule has 1 aliphatic heterocycles. The molecular formula is C25H24ClN3O6S. The number of hydrogen-bond acceptors (Lipinski definition) is 6. The second kappa shape index (κ2) is 10.5. The van der Waals surface area contributed by atoms with Crippen LogP contribution in [0.25, 0.3) is 0 Å². The summed E-state index contributed by atoms with van der Waals surface area (Å²) in [6.45, 7) is 2.56. The maximum absolute atomic E-state index is 13.5. The maximum Gasteiger partial charge on any atom is 0.288 e. The third-order valence-corrected chi connectivity index (χ3v) is 7.95. The van der Waals surface area contributed by atoms with Crippen LogP contribution >= 0.6 is 11.6 Å². The predicted octanol–water partition coefficient (Wildman–Crippen LogP) is 2.76. The molecule has 1 N–H and O–H groups in total. The van der Waals surface area contributed by atoms with Gasteiger partial charge in [0.25, 0.3) is 17.7 Å². The van der Waals surface area contributed by atoms with Crippen molar-refractivity contribution in [1.29, 1.82) is 0 Å². The second-order valence-corrected chi connectivity index (χ2v) is 10.8. The van der Waals surface area contributed by atoms with Gasteiger partial charge in [0.1, 0.15) is 0 Å². The lowest BCUT2D eigenvalue weighted by atomic mass is 10.1. The number of carbonyl (C=O) groups is 3. The van der Waals surface area contributed by atoms with Crippen molar-refractivity contribution in [3.63, 3.8) is 0 Å². The summed E-state index contributed by atoms with van der Waals surface area (Å²) in [6.07, 6.45) is 1.27. The summed E-state index contributed by atoms with van der Waals surface area (Å²) < 4.78 is 31.9. The van der Waals surface area contributed by atoms with Crippen LogP contribution < -0.4 is 5.32 Å². The molecule has 1 atom stereocenters. The van der Waals surface area contributed by atoms with Crippen molar-refractivity contribution >= 4 is 39.2 Å². The number of rotatable bonds is 6. The molecule has 3 amide bonds. The standard InChI is InChI=1S/C25H24ClN3O6S/c1-17-4-2-5-18(16-17)24(31)28-11-13-29(14-12-28)25(32)23(27-22(30)21-6-3-15-35-21)36(33,34)20-9-7-19(26)8-10-20/h2-10,15-16,23H,11-14H2,1H3,(H,27,30). The molecule has 1 fully saturated rings. The number of hydrogen-bond donors (Lipinski definition) is 1. The van der Waals surface area contributed by atoms with E-state index in [-0.39, 0.29) is 42.7 Å². The van der Waals surface area contributed by atoms with Crippen LogP contribution in [-0.4, -0.2) is 67.5 Å². The summed E-state index contributed by atoms with van der Waals surface area (Å²) in [6, 6.07) is 15.4. The highest BCUT2D eigenvalue weighted by atomic mass is 35.5. The maximum atomic E-state index is 13.5. The lowest BCUT2D eigenvalue weighted by Crippen LogP contribution is -2.57. The zero-order valence-electron chi connectivity index (χ0n) is 19.4. The Morgan fingerprint density at radius 2 is 1.61 bits per heavy atom. The quantitative estimate of drug-likeness (QED) is 0.525. The van der Waals surface area contributed by atoms with E-state index in [1.807, 2.05) is 13.0 Å². The van der Waals surface area contributed by atoms with E-state index in [4.69, 9.17) is 16.0 Å². The smallest absolute Gasteiger partial charge is 0.288 e. The lowest BCUT2D eigenvalue weighted by molar-refractivity contribution is -0.132. The molecule has 9 nitrogen and oxygen atoms in total. The molecule has 1 aliphatic rings. The zero-order chi connectivity index (χ0) is 25.9. The number of benzene rings is 2. The van der Waals surface area contributed by atoms with Crippen LogP contribution in [0, 0.1) is 6.92 Å². The fourth-order valence-corrected chi connectivity index (χ4v) is 5.48. The SMILES string of the molecule is Cc1cccc(C(=O)N2CCN(C(=O)C(NC(=O)c3ccco3)S(=O)(=O)c3ccc(Cl)cc3)CC2)c1. The first-order valence-corrected chi connectivity index (χ1v) is 13.1. The third kappa shape index (κ3) is 5.44. The largest absolute Gasteiger partial charge is 0.459 e. The molecule has 3 aromatic rings. The number of nitrogens with one attached hydrogen (secondary N) is 1. The van der Waals surface area contributed by atoms with Crippen molar-refractivity contribution in [2.24, 2.45) is 0 Å². The van der Waals surface area contributed by atoms with Crippen LogP contribution in [0.2, 0.25) is 5.02 Å². The Morgan fingerprint density at radius 3 is 2.22 bits per heavy atom. The molecule has 36 heavy (non-hydrogen) atoms. The second-order valence-electron chi connectivity index (χ2n) is 8.32. The van der Waals surface area contributed by atoms with Gasteiger partial charge in [-0.3, -0.25) is 14.4 Å². The van der Waals surface area contributed by atoms with E-state index >= 15 is 0 Å². The summed E-state index contributed by atoms with van der Waals surface area (Å²) in [5, 5.41) is 0.742. The number of sulfone groups is 1. The highest BCUT2D eigenvalue weighted by Gasteiger charge is 2.40. The number of amides is 3.